The molecule has 2 aromatic rings. The van der Waals surface area contributed by atoms with Crippen LogP contribution in [0.3, 0.4) is 0 Å². The zero-order valence-corrected chi connectivity index (χ0v) is 21.0. The number of hydrogen-bond acceptors (Lipinski definition) is 4. The van der Waals surface area contributed by atoms with Crippen molar-refractivity contribution in [3.8, 4) is 5.88 Å². The molecule has 0 spiro atoms. The Morgan fingerprint density at radius 2 is 1.74 bits per heavy atom. The molecule has 1 aliphatic carbocycles. The predicted molar refractivity (Wildman–Crippen MR) is 129 cm³/mol. The van der Waals surface area contributed by atoms with Gasteiger partial charge in [-0.15, -0.1) is 0 Å². The van der Waals surface area contributed by atoms with Crippen LogP contribution in [0.15, 0.2) is 36.4 Å². The molecule has 0 aliphatic heterocycles. The van der Waals surface area contributed by atoms with Crippen LogP contribution in [0.4, 0.5) is 14.5 Å². The van der Waals surface area contributed by atoms with Crippen LogP contribution in [0.5, 0.6) is 5.88 Å². The van der Waals surface area contributed by atoms with Crippen molar-refractivity contribution in [1.29, 1.82) is 0 Å². The highest BCUT2D eigenvalue weighted by molar-refractivity contribution is 6.02. The van der Waals surface area contributed by atoms with Crippen LogP contribution >= 0.6 is 0 Å². The Kier molecular flexibility index (Phi) is 9.13. The van der Waals surface area contributed by atoms with Crippen LogP contribution in [0.1, 0.15) is 63.3 Å². The summed E-state index contributed by atoms with van der Waals surface area (Å²) in [6, 6.07) is 10.8. The van der Waals surface area contributed by atoms with Crippen LogP contribution in [0, 0.1) is 12.8 Å². The number of aryl methyl sites for hydroxylation is 1. The van der Waals surface area contributed by atoms with E-state index in [0.29, 0.717) is 18.5 Å². The normalized spacial score (nSPS) is 19.1. The fourth-order valence-electron chi connectivity index (χ4n) is 4.33. The summed E-state index contributed by atoms with van der Waals surface area (Å²) in [7, 11) is 3.38. The third-order valence-electron chi connectivity index (χ3n) is 5.96. The van der Waals surface area contributed by atoms with Gasteiger partial charge in [-0.3, -0.25) is 9.59 Å². The third kappa shape index (κ3) is 5.72. The minimum atomic E-state index is -3.07. The van der Waals surface area contributed by atoms with E-state index in [2.05, 4.69) is 15.0 Å². The number of benzene rings is 1. The van der Waals surface area contributed by atoms with E-state index < -0.39 is 12.0 Å². The topological polar surface area (TPSA) is 71.5 Å². The van der Waals surface area contributed by atoms with Crippen molar-refractivity contribution >= 4 is 17.5 Å². The summed E-state index contributed by atoms with van der Waals surface area (Å²) in [4.78, 5) is 31.7. The van der Waals surface area contributed by atoms with E-state index in [1.807, 2.05) is 52.0 Å². The first kappa shape index (κ1) is 27.2. The first-order valence-electron chi connectivity index (χ1n) is 11.6. The summed E-state index contributed by atoms with van der Waals surface area (Å²) >= 11 is 0. The molecule has 1 aromatic carbocycles. The summed E-state index contributed by atoms with van der Waals surface area (Å²) in [5, 5.41) is 2.75. The number of rotatable bonds is 7. The summed E-state index contributed by atoms with van der Waals surface area (Å²) in [5.41, 5.74) is 1.48. The number of hydrogen-bond donors (Lipinski definition) is 1. The molecule has 3 rings (SSSR count). The van der Waals surface area contributed by atoms with Gasteiger partial charge < -0.3 is 15.0 Å². The quantitative estimate of drug-likeness (QED) is 0.573. The van der Waals surface area contributed by atoms with Gasteiger partial charge in [0.05, 0.1) is 5.41 Å². The first-order chi connectivity index (χ1) is 16.0. The van der Waals surface area contributed by atoms with Crippen molar-refractivity contribution in [1.82, 2.24) is 9.88 Å². The molecule has 34 heavy (non-hydrogen) atoms. The lowest BCUT2D eigenvalue weighted by Crippen LogP contribution is -2.55. The average molecular weight is 476 g/mol. The summed E-state index contributed by atoms with van der Waals surface area (Å²) in [6.07, 6.45) is 0.674. The second-order valence-corrected chi connectivity index (χ2v) is 8.80. The van der Waals surface area contributed by atoms with Gasteiger partial charge in [0.15, 0.2) is 0 Å². The largest absolute Gasteiger partial charge is 0.415 e. The lowest BCUT2D eigenvalue weighted by Gasteiger charge is -2.47. The summed E-state index contributed by atoms with van der Waals surface area (Å²) in [6.45, 7) is 6.67. The molecule has 1 N–H and O–H groups in total. The Bertz CT molecular complexity index is 1000. The van der Waals surface area contributed by atoms with Gasteiger partial charge in [-0.05, 0) is 48.9 Å². The maximum Gasteiger partial charge on any atom is 0.388 e. The average Bonchev–Trinajstić information content (AvgIpc) is 2.76. The van der Waals surface area contributed by atoms with Crippen LogP contribution in [-0.2, 0) is 15.0 Å². The van der Waals surface area contributed by atoms with Gasteiger partial charge in [-0.25, -0.2) is 4.98 Å². The smallest absolute Gasteiger partial charge is 0.388 e. The lowest BCUT2D eigenvalue weighted by molar-refractivity contribution is -0.141. The molecule has 1 heterocycles. The Labute approximate surface area is 200 Å². The van der Waals surface area contributed by atoms with Gasteiger partial charge in [0.25, 0.3) is 0 Å². The molecule has 186 valence electrons. The van der Waals surface area contributed by atoms with Crippen molar-refractivity contribution in [2.24, 2.45) is 5.92 Å². The molecule has 1 fully saturated rings. The summed E-state index contributed by atoms with van der Waals surface area (Å²) < 4.78 is 30.3. The first-order valence-corrected chi connectivity index (χ1v) is 11.6. The zero-order valence-electron chi connectivity index (χ0n) is 21.0. The molecular weight excluding hydrogens is 440 g/mol. The second kappa shape index (κ2) is 11.4. The number of nitrogens with one attached hydrogen (secondary N) is 1. The minimum absolute atomic E-state index is 0.0332. The van der Waals surface area contributed by atoms with Crippen LogP contribution in [-0.4, -0.2) is 42.4 Å². The number of anilines is 1. The highest BCUT2D eigenvalue weighted by Gasteiger charge is 2.55. The van der Waals surface area contributed by atoms with Gasteiger partial charge in [0, 0.05) is 25.7 Å². The maximum atomic E-state index is 13.6. The molecule has 2 amide bonds. The number of halogens is 2. The van der Waals surface area contributed by atoms with Gasteiger partial charge in [-0.1, -0.05) is 52.0 Å². The van der Waals surface area contributed by atoms with Crippen molar-refractivity contribution < 1.29 is 23.1 Å². The minimum Gasteiger partial charge on any atom is -0.415 e. The van der Waals surface area contributed by atoms with E-state index in [-0.39, 0.29) is 35.2 Å². The van der Waals surface area contributed by atoms with Crippen molar-refractivity contribution in [3.05, 3.63) is 53.2 Å². The molecule has 1 aromatic heterocycles. The van der Waals surface area contributed by atoms with Crippen molar-refractivity contribution in [2.75, 3.05) is 19.4 Å². The van der Waals surface area contributed by atoms with E-state index in [0.717, 1.165) is 11.1 Å². The van der Waals surface area contributed by atoms with Crippen molar-refractivity contribution in [2.45, 2.75) is 65.4 Å². The van der Waals surface area contributed by atoms with Gasteiger partial charge in [0.2, 0.25) is 17.7 Å². The number of carbonyl (C=O) groups excluding carboxylic acids is 2. The monoisotopic (exact) mass is 475 g/mol. The fourth-order valence-corrected chi connectivity index (χ4v) is 4.33. The third-order valence-corrected chi connectivity index (χ3v) is 5.96. The molecule has 0 radical (unpaired) electrons. The number of ether oxygens (including phenoxy) is 1. The standard InChI is InChI=1S/C24H29F2N3O3.C2H6/c1-14(2)17-8-6-7-9-18(17)24(12-16(13-24)21(30)29(4)5)22(31)28-19-11-10-15(3)27-20(19)32-23(25)26;1-2/h6-11,14,16,23H,12-13H2,1-5H3,(H,28,31);1-2H3. The predicted octanol–water partition coefficient (Wildman–Crippen LogP) is 5.52. The Morgan fingerprint density at radius 1 is 1.12 bits per heavy atom. The summed E-state index contributed by atoms with van der Waals surface area (Å²) in [5.74, 6) is -0.851. The lowest BCUT2D eigenvalue weighted by atomic mass is 9.56. The molecule has 0 unspecified atom stereocenters. The van der Waals surface area contributed by atoms with E-state index >= 15 is 0 Å². The van der Waals surface area contributed by atoms with E-state index in [9.17, 15) is 18.4 Å². The molecule has 8 heteroatoms. The molecule has 1 saturated carbocycles. The molecule has 6 nitrogen and oxygen atoms in total. The van der Waals surface area contributed by atoms with Crippen molar-refractivity contribution in [3.63, 3.8) is 0 Å². The van der Waals surface area contributed by atoms with Gasteiger partial charge in [-0.2, -0.15) is 8.78 Å². The number of pyridine rings is 1. The van der Waals surface area contributed by atoms with E-state index in [4.69, 9.17) is 0 Å². The fraction of sp³-hybridized carbons (Fsp3) is 0.500. The molecule has 0 atom stereocenters. The Balaban J connectivity index is 0.00000199. The molecule has 1 aliphatic rings. The number of amides is 2. The Hall–Kier alpha value is -3.03. The van der Waals surface area contributed by atoms with Gasteiger partial charge in [0.1, 0.15) is 5.69 Å². The van der Waals surface area contributed by atoms with Crippen LogP contribution in [0.2, 0.25) is 0 Å². The number of aromatic nitrogens is 1. The van der Waals surface area contributed by atoms with Crippen LogP contribution in [0.25, 0.3) is 0 Å². The molecule has 0 bridgehead atoms. The Morgan fingerprint density at radius 3 is 2.29 bits per heavy atom. The van der Waals surface area contributed by atoms with Gasteiger partial charge >= 0.3 is 6.61 Å². The SMILES string of the molecule is CC.Cc1ccc(NC(=O)C2(c3ccccc3C(C)C)CC(C(=O)N(C)C)C2)c(OC(F)F)n1. The molecule has 0 saturated heterocycles. The van der Waals surface area contributed by atoms with E-state index in [1.54, 1.807) is 27.1 Å². The zero-order chi connectivity index (χ0) is 25.6. The van der Waals surface area contributed by atoms with Crippen LogP contribution < -0.4 is 10.1 Å². The molecular formula is C26H35F2N3O3. The maximum absolute atomic E-state index is 13.6. The van der Waals surface area contributed by atoms with E-state index in [1.165, 1.54) is 11.0 Å². The second-order valence-electron chi connectivity index (χ2n) is 8.80. The number of alkyl halides is 2. The number of nitrogens with zero attached hydrogens (tertiary/aromatic N) is 2. The highest BCUT2D eigenvalue weighted by Crippen LogP contribution is 2.51. The number of carbonyl (C=O) groups is 2. The highest BCUT2D eigenvalue weighted by atomic mass is 19.3.